The first-order valence-corrected chi connectivity index (χ1v) is 10.8. The van der Waals surface area contributed by atoms with Gasteiger partial charge in [-0.2, -0.15) is 13.2 Å². The van der Waals surface area contributed by atoms with Crippen LogP contribution in [-0.2, 0) is 9.47 Å². The number of hydrogen-bond acceptors (Lipinski definition) is 2. The van der Waals surface area contributed by atoms with Crippen molar-refractivity contribution in [3.05, 3.63) is 0 Å². The molecule has 2 atom stereocenters. The summed E-state index contributed by atoms with van der Waals surface area (Å²) < 4.78 is 96.1. The summed E-state index contributed by atoms with van der Waals surface area (Å²) in [5, 5.41) is 0. The molecule has 4 aliphatic rings. The molecule has 0 radical (unpaired) electrons. The fourth-order valence-electron chi connectivity index (χ4n) is 6.15. The zero-order valence-electron chi connectivity index (χ0n) is 17.2. The average molecular weight is 430 g/mol. The molecule has 2 unspecified atom stereocenters. The fraction of sp³-hybridized carbons (Fsp3) is 1.00. The van der Waals surface area contributed by atoms with Gasteiger partial charge in [0.2, 0.25) is 5.60 Å². The molecule has 0 aliphatic heterocycles. The van der Waals surface area contributed by atoms with Gasteiger partial charge in [0.25, 0.3) is 5.92 Å². The van der Waals surface area contributed by atoms with Gasteiger partial charge in [-0.25, -0.2) is 13.2 Å². The smallest absolute Gasteiger partial charge is 0.349 e. The minimum atomic E-state index is -5.42. The van der Waals surface area contributed by atoms with Crippen molar-refractivity contribution >= 4 is 0 Å². The van der Waals surface area contributed by atoms with Crippen molar-refractivity contribution in [1.82, 2.24) is 0 Å². The molecular formula is C21H32F6O2. The van der Waals surface area contributed by atoms with Crippen LogP contribution in [0.3, 0.4) is 0 Å². The summed E-state index contributed by atoms with van der Waals surface area (Å²) >= 11 is 0. The molecule has 29 heavy (non-hydrogen) atoms. The Morgan fingerprint density at radius 3 is 1.86 bits per heavy atom. The Balaban J connectivity index is 1.77. The number of rotatable bonds is 10. The molecule has 0 amide bonds. The van der Waals surface area contributed by atoms with Crippen LogP contribution in [0.25, 0.3) is 0 Å². The molecule has 0 aromatic rings. The monoisotopic (exact) mass is 430 g/mol. The van der Waals surface area contributed by atoms with Crippen LogP contribution in [-0.4, -0.2) is 36.3 Å². The zero-order chi connectivity index (χ0) is 21.5. The lowest BCUT2D eigenvalue weighted by Crippen LogP contribution is -2.62. The summed E-state index contributed by atoms with van der Waals surface area (Å²) in [6.45, 7) is 1.81. The SMILES string of the molecule is CCCC(F)(F)C(CC(F)CC)(OCOC12CC3CC(CC(C3)C1)C2)C(F)(F)F. The second-order valence-electron chi connectivity index (χ2n) is 9.50. The fourth-order valence-corrected chi connectivity index (χ4v) is 6.15. The predicted octanol–water partition coefficient (Wildman–Crippen LogP) is 6.82. The lowest BCUT2D eigenvalue weighted by atomic mass is 9.54. The van der Waals surface area contributed by atoms with Gasteiger partial charge in [0.15, 0.2) is 0 Å². The van der Waals surface area contributed by atoms with Gasteiger partial charge in [0.05, 0.1) is 5.60 Å². The van der Waals surface area contributed by atoms with E-state index in [0.717, 1.165) is 38.5 Å². The van der Waals surface area contributed by atoms with E-state index in [0.29, 0.717) is 17.8 Å². The molecule has 0 N–H and O–H groups in total. The lowest BCUT2D eigenvalue weighted by Gasteiger charge is -2.56. The van der Waals surface area contributed by atoms with Crippen molar-refractivity contribution in [2.45, 2.75) is 108 Å². The molecule has 4 aliphatic carbocycles. The summed E-state index contributed by atoms with van der Waals surface area (Å²) in [5.74, 6) is -2.77. The first-order chi connectivity index (χ1) is 13.5. The third kappa shape index (κ3) is 4.43. The Labute approximate surface area is 168 Å². The third-order valence-electron chi connectivity index (χ3n) is 7.22. The van der Waals surface area contributed by atoms with E-state index in [2.05, 4.69) is 0 Å². The van der Waals surface area contributed by atoms with Crippen molar-refractivity contribution in [3.63, 3.8) is 0 Å². The first-order valence-electron chi connectivity index (χ1n) is 10.8. The second-order valence-corrected chi connectivity index (χ2v) is 9.50. The maximum absolute atomic E-state index is 14.8. The van der Waals surface area contributed by atoms with Gasteiger partial charge in [0, 0.05) is 12.8 Å². The van der Waals surface area contributed by atoms with Crippen LogP contribution in [0.15, 0.2) is 0 Å². The molecule has 0 saturated heterocycles. The minimum absolute atomic E-state index is 0.174. The summed E-state index contributed by atoms with van der Waals surface area (Å²) in [7, 11) is 0. The van der Waals surface area contributed by atoms with Crippen LogP contribution < -0.4 is 0 Å². The van der Waals surface area contributed by atoms with Crippen LogP contribution in [0, 0.1) is 17.8 Å². The topological polar surface area (TPSA) is 18.5 Å². The van der Waals surface area contributed by atoms with Crippen LogP contribution in [0.5, 0.6) is 0 Å². The van der Waals surface area contributed by atoms with Crippen molar-refractivity contribution in [2.24, 2.45) is 17.8 Å². The summed E-state index contributed by atoms with van der Waals surface area (Å²) in [5.41, 5.74) is -4.46. The Bertz CT molecular complexity index is 529. The highest BCUT2D eigenvalue weighted by Gasteiger charge is 2.70. The molecule has 8 heteroatoms. The maximum atomic E-state index is 14.8. The van der Waals surface area contributed by atoms with Crippen molar-refractivity contribution < 1.29 is 35.8 Å². The highest BCUT2D eigenvalue weighted by atomic mass is 19.4. The Morgan fingerprint density at radius 1 is 0.931 bits per heavy atom. The van der Waals surface area contributed by atoms with E-state index in [-0.39, 0.29) is 12.8 Å². The van der Waals surface area contributed by atoms with Gasteiger partial charge in [-0.05, 0) is 62.7 Å². The average Bonchev–Trinajstić information content (AvgIpc) is 2.58. The highest BCUT2D eigenvalue weighted by molar-refractivity contribution is 5.04. The van der Waals surface area contributed by atoms with E-state index >= 15 is 0 Å². The summed E-state index contributed by atoms with van der Waals surface area (Å²) in [6, 6.07) is 0. The minimum Gasteiger partial charge on any atom is -0.349 e. The molecule has 0 aromatic heterocycles. The van der Waals surface area contributed by atoms with E-state index in [1.54, 1.807) is 0 Å². The van der Waals surface area contributed by atoms with Crippen molar-refractivity contribution in [2.75, 3.05) is 6.79 Å². The molecule has 2 nitrogen and oxygen atoms in total. The molecule has 4 saturated carbocycles. The number of alkyl halides is 6. The summed E-state index contributed by atoms with van der Waals surface area (Å²) in [6.07, 6.45) is -4.81. The largest absolute Gasteiger partial charge is 0.423 e. The molecule has 4 rings (SSSR count). The van der Waals surface area contributed by atoms with E-state index in [1.807, 2.05) is 0 Å². The van der Waals surface area contributed by atoms with Crippen LogP contribution in [0.4, 0.5) is 26.3 Å². The van der Waals surface area contributed by atoms with Gasteiger partial charge in [-0.15, -0.1) is 0 Å². The van der Waals surface area contributed by atoms with Crippen molar-refractivity contribution in [1.29, 1.82) is 0 Å². The van der Waals surface area contributed by atoms with E-state index in [1.165, 1.54) is 13.8 Å². The highest BCUT2D eigenvalue weighted by Crippen LogP contribution is 2.57. The van der Waals surface area contributed by atoms with E-state index < -0.39 is 49.1 Å². The van der Waals surface area contributed by atoms with E-state index in [4.69, 9.17) is 9.47 Å². The predicted molar refractivity (Wildman–Crippen MR) is 96.4 cm³/mol. The quantitative estimate of drug-likeness (QED) is 0.280. The number of halogens is 6. The normalized spacial score (nSPS) is 35.0. The van der Waals surface area contributed by atoms with Crippen molar-refractivity contribution in [3.8, 4) is 0 Å². The molecule has 4 fully saturated rings. The third-order valence-corrected chi connectivity index (χ3v) is 7.22. The second kappa shape index (κ2) is 8.21. The van der Waals surface area contributed by atoms with Gasteiger partial charge in [-0.3, -0.25) is 0 Å². The molecular weight excluding hydrogens is 398 g/mol. The Kier molecular flexibility index (Phi) is 6.56. The van der Waals surface area contributed by atoms with Gasteiger partial charge < -0.3 is 9.47 Å². The number of hydrogen-bond donors (Lipinski definition) is 0. The maximum Gasteiger partial charge on any atom is 0.423 e. The summed E-state index contributed by atoms with van der Waals surface area (Å²) in [4.78, 5) is 0. The van der Waals surface area contributed by atoms with Gasteiger partial charge >= 0.3 is 6.18 Å². The Morgan fingerprint density at radius 2 is 1.45 bits per heavy atom. The molecule has 0 spiro atoms. The van der Waals surface area contributed by atoms with Gasteiger partial charge in [-0.1, -0.05) is 20.3 Å². The molecule has 170 valence electrons. The Hall–Kier alpha value is -0.500. The zero-order valence-corrected chi connectivity index (χ0v) is 17.2. The molecule has 4 bridgehead atoms. The van der Waals surface area contributed by atoms with Crippen LogP contribution in [0.1, 0.15) is 78.1 Å². The van der Waals surface area contributed by atoms with Crippen LogP contribution in [0.2, 0.25) is 0 Å². The molecule has 0 heterocycles. The van der Waals surface area contributed by atoms with Gasteiger partial charge in [0.1, 0.15) is 13.0 Å². The molecule has 0 aromatic carbocycles. The van der Waals surface area contributed by atoms with E-state index in [9.17, 15) is 26.3 Å². The standard InChI is InChI=1S/C21H32F6O2/c1-3-5-20(23,24)19(21(25,26)27,12-17(22)4-2)29-13-28-18-9-14-6-15(10-18)8-16(7-14)11-18/h14-17H,3-13H2,1-2H3. The number of ether oxygens (including phenoxy) is 2. The first kappa shape index (κ1) is 23.2. The lowest BCUT2D eigenvalue weighted by molar-refractivity contribution is -0.376. The van der Waals surface area contributed by atoms with Crippen LogP contribution >= 0.6 is 0 Å².